The molecule has 0 aromatic heterocycles. The zero-order valence-corrected chi connectivity index (χ0v) is 20.0. The molecule has 0 radical (unpaired) electrons. The molecule has 0 spiro atoms. The number of piperazine rings is 1. The highest BCUT2D eigenvalue weighted by atomic mass is 35.5. The van der Waals surface area contributed by atoms with E-state index in [-0.39, 0.29) is 12.5 Å². The molecular weight excluding hydrogens is 458 g/mol. The molecule has 3 aromatic rings. The summed E-state index contributed by atoms with van der Waals surface area (Å²) >= 11 is 6.10. The van der Waals surface area contributed by atoms with Gasteiger partial charge in [0, 0.05) is 42.5 Å². The van der Waals surface area contributed by atoms with E-state index in [0.717, 1.165) is 24.3 Å². The van der Waals surface area contributed by atoms with Crippen LogP contribution >= 0.6 is 11.6 Å². The third-order valence-corrected chi connectivity index (χ3v) is 7.09. The fourth-order valence-corrected chi connectivity index (χ4v) is 5.02. The van der Waals surface area contributed by atoms with Gasteiger partial charge in [0.05, 0.1) is 18.5 Å². The Morgan fingerprint density at radius 2 is 1.58 bits per heavy atom. The quantitative estimate of drug-likeness (QED) is 0.525. The molecule has 3 aromatic carbocycles. The molecule has 0 aliphatic carbocycles. The normalized spacial score (nSPS) is 14.2. The SMILES string of the molecule is CS(=O)(=O)N(Cc1ccccc1)c1ccc(C(=O)N2CCN(c3cccc(Cl)c3)CC2)cc1. The number of carbonyl (C=O) groups is 1. The molecule has 0 bridgehead atoms. The van der Waals surface area contributed by atoms with Gasteiger partial charge in [-0.15, -0.1) is 0 Å². The van der Waals surface area contributed by atoms with E-state index in [2.05, 4.69) is 4.90 Å². The summed E-state index contributed by atoms with van der Waals surface area (Å²) in [5.41, 5.74) is 3.02. The number of halogens is 1. The van der Waals surface area contributed by atoms with Crippen LogP contribution in [0.4, 0.5) is 11.4 Å². The van der Waals surface area contributed by atoms with Gasteiger partial charge in [-0.3, -0.25) is 9.10 Å². The highest BCUT2D eigenvalue weighted by Crippen LogP contribution is 2.24. The minimum Gasteiger partial charge on any atom is -0.368 e. The summed E-state index contributed by atoms with van der Waals surface area (Å²) in [4.78, 5) is 17.1. The van der Waals surface area contributed by atoms with E-state index in [0.29, 0.717) is 29.4 Å². The molecule has 1 saturated heterocycles. The number of carbonyl (C=O) groups excluding carboxylic acids is 1. The minimum atomic E-state index is -3.48. The van der Waals surface area contributed by atoms with Crippen LogP contribution in [0, 0.1) is 0 Å². The Bertz CT molecular complexity index is 1210. The molecular formula is C25H26ClN3O3S. The third kappa shape index (κ3) is 5.67. The first kappa shape index (κ1) is 23.1. The number of amides is 1. The van der Waals surface area contributed by atoms with E-state index < -0.39 is 10.0 Å². The number of sulfonamides is 1. The maximum Gasteiger partial charge on any atom is 0.253 e. The van der Waals surface area contributed by atoms with E-state index in [1.54, 1.807) is 24.3 Å². The molecule has 0 atom stereocenters. The van der Waals surface area contributed by atoms with Crippen LogP contribution in [0.2, 0.25) is 5.02 Å². The van der Waals surface area contributed by atoms with Crippen molar-refractivity contribution >= 4 is 38.9 Å². The molecule has 1 amide bonds. The molecule has 0 unspecified atom stereocenters. The Balaban J connectivity index is 1.43. The van der Waals surface area contributed by atoms with Crippen molar-refractivity contribution in [2.75, 3.05) is 41.6 Å². The fourth-order valence-electron chi connectivity index (χ4n) is 3.94. The van der Waals surface area contributed by atoms with Gasteiger partial charge in [-0.2, -0.15) is 0 Å². The van der Waals surface area contributed by atoms with Crippen molar-refractivity contribution in [3.63, 3.8) is 0 Å². The highest BCUT2D eigenvalue weighted by molar-refractivity contribution is 7.92. The summed E-state index contributed by atoms with van der Waals surface area (Å²) in [5, 5.41) is 0.696. The Labute approximate surface area is 200 Å². The first-order valence-corrected chi connectivity index (χ1v) is 13.0. The van der Waals surface area contributed by atoms with Gasteiger partial charge in [-0.25, -0.2) is 8.42 Å². The number of benzene rings is 3. The average Bonchev–Trinajstić information content (AvgIpc) is 2.82. The van der Waals surface area contributed by atoms with Gasteiger partial charge in [-0.05, 0) is 48.0 Å². The van der Waals surface area contributed by atoms with Gasteiger partial charge < -0.3 is 9.80 Å². The molecule has 1 aliphatic rings. The Kier molecular flexibility index (Phi) is 6.91. The molecule has 172 valence electrons. The molecule has 1 aliphatic heterocycles. The number of hydrogen-bond acceptors (Lipinski definition) is 4. The van der Waals surface area contributed by atoms with Crippen molar-refractivity contribution in [1.29, 1.82) is 0 Å². The summed E-state index contributed by atoms with van der Waals surface area (Å²) in [6, 6.07) is 23.9. The van der Waals surface area contributed by atoms with Crippen molar-refractivity contribution in [2.45, 2.75) is 6.54 Å². The lowest BCUT2D eigenvalue weighted by Crippen LogP contribution is -2.48. The second-order valence-electron chi connectivity index (χ2n) is 8.06. The zero-order valence-electron chi connectivity index (χ0n) is 18.4. The van der Waals surface area contributed by atoms with Gasteiger partial charge in [0.15, 0.2) is 0 Å². The predicted octanol–water partition coefficient (Wildman–Crippen LogP) is 4.27. The average molecular weight is 484 g/mol. The minimum absolute atomic E-state index is 0.0544. The van der Waals surface area contributed by atoms with Gasteiger partial charge >= 0.3 is 0 Å². The smallest absolute Gasteiger partial charge is 0.253 e. The summed E-state index contributed by atoms with van der Waals surface area (Å²) in [6.45, 7) is 2.90. The number of anilines is 2. The van der Waals surface area contributed by atoms with Gasteiger partial charge in [0.25, 0.3) is 5.91 Å². The Morgan fingerprint density at radius 1 is 0.909 bits per heavy atom. The predicted molar refractivity (Wildman–Crippen MR) is 133 cm³/mol. The second kappa shape index (κ2) is 9.85. The maximum absolute atomic E-state index is 13.0. The number of hydrogen-bond donors (Lipinski definition) is 0. The van der Waals surface area contributed by atoms with E-state index >= 15 is 0 Å². The largest absolute Gasteiger partial charge is 0.368 e. The van der Waals surface area contributed by atoms with Crippen molar-refractivity contribution in [2.24, 2.45) is 0 Å². The second-order valence-corrected chi connectivity index (χ2v) is 10.4. The van der Waals surface area contributed by atoms with Crippen LogP contribution in [0.3, 0.4) is 0 Å². The summed E-state index contributed by atoms with van der Waals surface area (Å²) in [5.74, 6) is -0.0544. The topological polar surface area (TPSA) is 60.9 Å². The van der Waals surface area contributed by atoms with Crippen LogP contribution in [-0.4, -0.2) is 51.7 Å². The van der Waals surface area contributed by atoms with Crippen LogP contribution in [0.25, 0.3) is 0 Å². The standard InChI is InChI=1S/C25H26ClN3O3S/c1-33(31,32)29(19-20-6-3-2-4-7-20)23-12-10-21(11-13-23)25(30)28-16-14-27(15-17-28)24-9-5-8-22(26)18-24/h2-13,18H,14-17,19H2,1H3. The highest BCUT2D eigenvalue weighted by Gasteiger charge is 2.23. The number of nitrogens with zero attached hydrogens (tertiary/aromatic N) is 3. The molecule has 33 heavy (non-hydrogen) atoms. The zero-order chi connectivity index (χ0) is 23.4. The van der Waals surface area contributed by atoms with Crippen LogP contribution in [0.15, 0.2) is 78.9 Å². The van der Waals surface area contributed by atoms with Crippen LogP contribution < -0.4 is 9.21 Å². The summed E-state index contributed by atoms with van der Waals surface area (Å²) < 4.78 is 26.2. The van der Waals surface area contributed by atoms with E-state index in [9.17, 15) is 13.2 Å². The van der Waals surface area contributed by atoms with E-state index in [1.807, 2.05) is 59.5 Å². The monoisotopic (exact) mass is 483 g/mol. The molecule has 8 heteroatoms. The van der Waals surface area contributed by atoms with Gasteiger partial charge in [-0.1, -0.05) is 48.0 Å². The van der Waals surface area contributed by atoms with Crippen molar-refractivity contribution < 1.29 is 13.2 Å². The molecule has 0 saturated carbocycles. The molecule has 4 rings (SSSR count). The first-order chi connectivity index (χ1) is 15.8. The van der Waals surface area contributed by atoms with Crippen molar-refractivity contribution in [3.8, 4) is 0 Å². The van der Waals surface area contributed by atoms with Crippen LogP contribution in [0.1, 0.15) is 15.9 Å². The molecule has 6 nitrogen and oxygen atoms in total. The van der Waals surface area contributed by atoms with Gasteiger partial charge in [0.2, 0.25) is 10.0 Å². The van der Waals surface area contributed by atoms with Crippen LogP contribution in [-0.2, 0) is 16.6 Å². The Hall–Kier alpha value is -3.03. The summed E-state index contributed by atoms with van der Waals surface area (Å²) in [6.07, 6.45) is 1.19. The number of rotatable bonds is 6. The molecule has 0 N–H and O–H groups in total. The van der Waals surface area contributed by atoms with E-state index in [1.165, 1.54) is 10.6 Å². The molecule has 1 fully saturated rings. The Morgan fingerprint density at radius 3 is 2.18 bits per heavy atom. The fraction of sp³-hybridized carbons (Fsp3) is 0.240. The summed E-state index contributed by atoms with van der Waals surface area (Å²) in [7, 11) is -3.48. The van der Waals surface area contributed by atoms with Crippen molar-refractivity contribution in [1.82, 2.24) is 4.90 Å². The molecule has 1 heterocycles. The lowest BCUT2D eigenvalue weighted by atomic mass is 10.1. The lowest BCUT2D eigenvalue weighted by molar-refractivity contribution is 0.0747. The van der Waals surface area contributed by atoms with Crippen LogP contribution in [0.5, 0.6) is 0 Å². The maximum atomic E-state index is 13.0. The van der Waals surface area contributed by atoms with Crippen molar-refractivity contribution in [3.05, 3.63) is 95.0 Å². The third-order valence-electron chi connectivity index (χ3n) is 5.71. The first-order valence-electron chi connectivity index (χ1n) is 10.7. The lowest BCUT2D eigenvalue weighted by Gasteiger charge is -2.36. The van der Waals surface area contributed by atoms with Gasteiger partial charge in [0.1, 0.15) is 0 Å². The van der Waals surface area contributed by atoms with E-state index in [4.69, 9.17) is 11.6 Å².